The molecule has 13 heavy (non-hydrogen) atoms. The maximum atomic E-state index is 8.85. The smallest absolute Gasteiger partial charge is 0.0558 e. The molecule has 0 heterocycles. The highest BCUT2D eigenvalue weighted by atomic mass is 16.3. The highest BCUT2D eigenvalue weighted by Crippen LogP contribution is 2.06. The van der Waals surface area contributed by atoms with Gasteiger partial charge in [0.2, 0.25) is 0 Å². The van der Waals surface area contributed by atoms with Crippen LogP contribution in [0.2, 0.25) is 0 Å². The molecule has 0 fully saturated rings. The Labute approximate surface area is 82.9 Å². The van der Waals surface area contributed by atoms with Gasteiger partial charge in [-0.05, 0) is 39.2 Å². The molecule has 0 unspecified atom stereocenters. The van der Waals surface area contributed by atoms with Gasteiger partial charge in [-0.3, -0.25) is 4.90 Å². The van der Waals surface area contributed by atoms with E-state index in [9.17, 15) is 0 Å². The van der Waals surface area contributed by atoms with Crippen molar-refractivity contribution in [3.05, 3.63) is 0 Å². The maximum Gasteiger partial charge on any atom is 0.0558 e. The quantitative estimate of drug-likeness (QED) is 0.660. The molecule has 0 saturated carbocycles. The molecule has 0 rings (SSSR count). The predicted octanol–water partition coefficient (Wildman–Crippen LogP) is 2.13. The van der Waals surface area contributed by atoms with Crippen LogP contribution in [0.3, 0.4) is 0 Å². The van der Waals surface area contributed by atoms with Crippen LogP contribution in [0.25, 0.3) is 0 Å². The molecule has 2 nitrogen and oxygen atoms in total. The van der Waals surface area contributed by atoms with Crippen molar-refractivity contribution < 1.29 is 5.11 Å². The lowest BCUT2D eigenvalue weighted by molar-refractivity contribution is 0.162. The van der Waals surface area contributed by atoms with Gasteiger partial charge in [0.1, 0.15) is 0 Å². The van der Waals surface area contributed by atoms with Crippen LogP contribution in [-0.4, -0.2) is 35.7 Å². The van der Waals surface area contributed by atoms with Crippen molar-refractivity contribution in [1.82, 2.24) is 4.90 Å². The fourth-order valence-electron chi connectivity index (χ4n) is 1.46. The van der Waals surface area contributed by atoms with E-state index in [-0.39, 0.29) is 6.61 Å². The highest BCUT2D eigenvalue weighted by molar-refractivity contribution is 4.62. The van der Waals surface area contributed by atoms with Crippen LogP contribution < -0.4 is 0 Å². The molecule has 2 heteroatoms. The van der Waals surface area contributed by atoms with E-state index >= 15 is 0 Å². The summed E-state index contributed by atoms with van der Waals surface area (Å²) in [6, 6.07) is 0.555. The molecule has 0 bridgehead atoms. The van der Waals surface area contributed by atoms with Crippen molar-refractivity contribution in [2.75, 3.05) is 19.7 Å². The molecule has 0 aliphatic heterocycles. The van der Waals surface area contributed by atoms with Crippen LogP contribution in [0.1, 0.15) is 40.5 Å². The largest absolute Gasteiger partial charge is 0.395 e. The van der Waals surface area contributed by atoms with Gasteiger partial charge in [-0.15, -0.1) is 0 Å². The second kappa shape index (κ2) is 7.34. The first-order chi connectivity index (χ1) is 6.07. The molecular formula is C11H25NO. The summed E-state index contributed by atoms with van der Waals surface area (Å²) in [4.78, 5) is 2.34. The van der Waals surface area contributed by atoms with E-state index in [1.54, 1.807) is 0 Å². The molecule has 0 aliphatic rings. The first-order valence-electron chi connectivity index (χ1n) is 5.42. The van der Waals surface area contributed by atoms with Gasteiger partial charge in [0, 0.05) is 12.6 Å². The standard InChI is InChI=1S/C11H25NO/c1-10(2)6-5-7-12(8-9-13)11(3)4/h10-11,13H,5-9H2,1-4H3. The molecule has 0 amide bonds. The van der Waals surface area contributed by atoms with Gasteiger partial charge < -0.3 is 5.11 Å². The Morgan fingerprint density at radius 3 is 2.08 bits per heavy atom. The van der Waals surface area contributed by atoms with E-state index < -0.39 is 0 Å². The summed E-state index contributed by atoms with van der Waals surface area (Å²) in [6.45, 7) is 11.1. The third-order valence-corrected chi connectivity index (χ3v) is 2.34. The molecule has 0 saturated heterocycles. The monoisotopic (exact) mass is 187 g/mol. The van der Waals surface area contributed by atoms with Gasteiger partial charge in [0.05, 0.1) is 6.61 Å². The molecule has 1 N–H and O–H groups in total. The Morgan fingerprint density at radius 2 is 1.69 bits per heavy atom. The summed E-state index contributed by atoms with van der Waals surface area (Å²) in [7, 11) is 0. The third-order valence-electron chi connectivity index (χ3n) is 2.34. The molecule has 0 aliphatic carbocycles. The van der Waals surface area contributed by atoms with Gasteiger partial charge in [-0.25, -0.2) is 0 Å². The van der Waals surface area contributed by atoms with Crippen molar-refractivity contribution in [1.29, 1.82) is 0 Å². The summed E-state index contributed by atoms with van der Waals surface area (Å²) in [5.41, 5.74) is 0. The van der Waals surface area contributed by atoms with E-state index in [0.29, 0.717) is 6.04 Å². The zero-order chi connectivity index (χ0) is 10.3. The minimum Gasteiger partial charge on any atom is -0.395 e. The van der Waals surface area contributed by atoms with Crippen LogP contribution >= 0.6 is 0 Å². The predicted molar refractivity (Wildman–Crippen MR) is 57.9 cm³/mol. The van der Waals surface area contributed by atoms with E-state index in [1.807, 2.05) is 0 Å². The number of aliphatic hydroxyl groups excluding tert-OH is 1. The Morgan fingerprint density at radius 1 is 1.08 bits per heavy atom. The molecule has 0 atom stereocenters. The van der Waals surface area contributed by atoms with E-state index in [4.69, 9.17) is 5.11 Å². The lowest BCUT2D eigenvalue weighted by Gasteiger charge is -2.25. The Bertz CT molecular complexity index is 113. The zero-order valence-electron chi connectivity index (χ0n) is 9.58. The SMILES string of the molecule is CC(C)CCCN(CCO)C(C)C. The average molecular weight is 187 g/mol. The highest BCUT2D eigenvalue weighted by Gasteiger charge is 2.07. The number of hydrogen-bond acceptors (Lipinski definition) is 2. The van der Waals surface area contributed by atoms with Gasteiger partial charge in [0.15, 0.2) is 0 Å². The molecule has 0 aromatic heterocycles. The van der Waals surface area contributed by atoms with Crippen molar-refractivity contribution in [2.45, 2.75) is 46.6 Å². The average Bonchev–Trinajstić information content (AvgIpc) is 2.02. The molecule has 0 aromatic rings. The summed E-state index contributed by atoms with van der Waals surface area (Å²) in [6.07, 6.45) is 2.53. The van der Waals surface area contributed by atoms with E-state index in [2.05, 4.69) is 32.6 Å². The molecular weight excluding hydrogens is 162 g/mol. The number of aliphatic hydroxyl groups is 1. The Balaban J connectivity index is 3.57. The van der Waals surface area contributed by atoms with E-state index in [1.165, 1.54) is 12.8 Å². The minimum atomic E-state index is 0.278. The summed E-state index contributed by atoms with van der Waals surface area (Å²) < 4.78 is 0. The second-order valence-corrected chi connectivity index (χ2v) is 4.39. The van der Waals surface area contributed by atoms with Crippen molar-refractivity contribution >= 4 is 0 Å². The third kappa shape index (κ3) is 7.03. The maximum absolute atomic E-state index is 8.85. The lowest BCUT2D eigenvalue weighted by Crippen LogP contribution is -2.34. The van der Waals surface area contributed by atoms with Gasteiger partial charge in [-0.2, -0.15) is 0 Å². The molecule has 0 spiro atoms. The Kier molecular flexibility index (Phi) is 7.29. The molecule has 0 aromatic carbocycles. The van der Waals surface area contributed by atoms with Gasteiger partial charge in [0.25, 0.3) is 0 Å². The van der Waals surface area contributed by atoms with Crippen LogP contribution in [0, 0.1) is 5.92 Å². The van der Waals surface area contributed by atoms with Crippen LogP contribution in [-0.2, 0) is 0 Å². The first-order valence-corrected chi connectivity index (χ1v) is 5.42. The normalized spacial score (nSPS) is 12.0. The zero-order valence-corrected chi connectivity index (χ0v) is 9.58. The first kappa shape index (κ1) is 12.9. The fourth-order valence-corrected chi connectivity index (χ4v) is 1.46. The molecule has 80 valence electrons. The van der Waals surface area contributed by atoms with Crippen LogP contribution in [0.4, 0.5) is 0 Å². The minimum absolute atomic E-state index is 0.278. The Hall–Kier alpha value is -0.0800. The van der Waals surface area contributed by atoms with Gasteiger partial charge >= 0.3 is 0 Å². The topological polar surface area (TPSA) is 23.5 Å². The number of hydrogen-bond donors (Lipinski definition) is 1. The van der Waals surface area contributed by atoms with Crippen molar-refractivity contribution in [3.63, 3.8) is 0 Å². The van der Waals surface area contributed by atoms with Crippen molar-refractivity contribution in [2.24, 2.45) is 5.92 Å². The summed E-state index contributed by atoms with van der Waals surface area (Å²) >= 11 is 0. The second-order valence-electron chi connectivity index (χ2n) is 4.39. The summed E-state index contributed by atoms with van der Waals surface area (Å²) in [5.74, 6) is 0.795. The summed E-state index contributed by atoms with van der Waals surface area (Å²) in [5, 5.41) is 8.85. The van der Waals surface area contributed by atoms with Crippen LogP contribution in [0.15, 0.2) is 0 Å². The number of nitrogens with zero attached hydrogens (tertiary/aromatic N) is 1. The van der Waals surface area contributed by atoms with E-state index in [0.717, 1.165) is 19.0 Å². The van der Waals surface area contributed by atoms with Crippen molar-refractivity contribution in [3.8, 4) is 0 Å². The van der Waals surface area contributed by atoms with Crippen LogP contribution in [0.5, 0.6) is 0 Å². The lowest BCUT2D eigenvalue weighted by atomic mass is 10.1. The van der Waals surface area contributed by atoms with Gasteiger partial charge in [-0.1, -0.05) is 13.8 Å². The molecule has 0 radical (unpaired) electrons. The fraction of sp³-hybridized carbons (Fsp3) is 1.00. The number of rotatable bonds is 7.